The van der Waals surface area contributed by atoms with Crippen LogP contribution in [-0.4, -0.2) is 19.3 Å². The minimum absolute atomic E-state index is 0.0687. The third-order valence-electron chi connectivity index (χ3n) is 5.20. The summed E-state index contributed by atoms with van der Waals surface area (Å²) >= 11 is 0. The van der Waals surface area contributed by atoms with Crippen LogP contribution in [0.2, 0.25) is 0 Å². The highest BCUT2D eigenvalue weighted by atomic mass is 16.5. The van der Waals surface area contributed by atoms with Crippen molar-refractivity contribution in [1.29, 1.82) is 0 Å². The number of nitrogens with one attached hydrogen (secondary N) is 1. The molecule has 1 unspecified atom stereocenters. The maximum atomic E-state index is 6.11. The average Bonchev–Trinajstić information content (AvgIpc) is 2.47. The number of aryl methyl sites for hydroxylation is 1. The van der Waals surface area contributed by atoms with Crippen molar-refractivity contribution in [1.82, 2.24) is 5.32 Å². The van der Waals surface area contributed by atoms with E-state index >= 15 is 0 Å². The number of benzene rings is 1. The number of hydrogen-bond donors (Lipinski definition) is 1. The van der Waals surface area contributed by atoms with E-state index < -0.39 is 0 Å². The average molecular weight is 289 g/mol. The molecule has 0 bridgehead atoms. The van der Waals surface area contributed by atoms with Crippen molar-refractivity contribution >= 4 is 0 Å². The summed E-state index contributed by atoms with van der Waals surface area (Å²) in [7, 11) is 1.89. The number of likely N-dealkylation sites (N-methyl/N-ethyl adjacent to an activating group) is 1. The Kier molecular flexibility index (Phi) is 5.11. The van der Waals surface area contributed by atoms with Crippen LogP contribution in [0.3, 0.4) is 0 Å². The van der Waals surface area contributed by atoms with Gasteiger partial charge in [-0.1, -0.05) is 50.6 Å². The molecule has 2 rings (SSSR count). The fourth-order valence-electron chi connectivity index (χ4n) is 3.53. The van der Waals surface area contributed by atoms with Crippen LogP contribution in [0.25, 0.3) is 0 Å². The lowest BCUT2D eigenvalue weighted by Gasteiger charge is -2.47. The fourth-order valence-corrected chi connectivity index (χ4v) is 3.53. The van der Waals surface area contributed by atoms with Gasteiger partial charge in [0.05, 0.1) is 11.6 Å². The van der Waals surface area contributed by atoms with E-state index in [1.54, 1.807) is 0 Å². The van der Waals surface area contributed by atoms with Gasteiger partial charge in [-0.3, -0.25) is 0 Å². The molecule has 0 aromatic heterocycles. The van der Waals surface area contributed by atoms with Gasteiger partial charge in [0.2, 0.25) is 0 Å². The molecule has 0 saturated heterocycles. The molecule has 1 aliphatic rings. The minimum atomic E-state index is -0.0687. The Morgan fingerprint density at radius 1 is 1.10 bits per heavy atom. The quantitative estimate of drug-likeness (QED) is 0.853. The monoisotopic (exact) mass is 289 g/mol. The molecule has 1 atom stereocenters. The zero-order valence-electron chi connectivity index (χ0n) is 14.3. The predicted octanol–water partition coefficient (Wildman–Crippen LogP) is 4.63. The third-order valence-corrected chi connectivity index (χ3v) is 5.20. The topological polar surface area (TPSA) is 21.3 Å². The number of ether oxygens (including phenoxy) is 1. The van der Waals surface area contributed by atoms with Crippen LogP contribution in [0.15, 0.2) is 24.3 Å². The van der Waals surface area contributed by atoms with Gasteiger partial charge in [-0.05, 0) is 50.1 Å². The van der Waals surface area contributed by atoms with Crippen molar-refractivity contribution in [2.75, 3.05) is 13.7 Å². The van der Waals surface area contributed by atoms with Crippen LogP contribution in [0.1, 0.15) is 63.6 Å². The van der Waals surface area contributed by atoms with Crippen molar-refractivity contribution in [2.45, 2.75) is 65.0 Å². The van der Waals surface area contributed by atoms with Crippen LogP contribution in [0.4, 0.5) is 0 Å². The summed E-state index contributed by atoms with van der Waals surface area (Å²) < 4.78 is 6.11. The molecule has 0 spiro atoms. The van der Waals surface area contributed by atoms with Crippen LogP contribution >= 0.6 is 0 Å². The van der Waals surface area contributed by atoms with Gasteiger partial charge in [-0.25, -0.2) is 0 Å². The summed E-state index contributed by atoms with van der Waals surface area (Å²) in [6, 6.07) is 9.20. The highest BCUT2D eigenvalue weighted by molar-refractivity contribution is 5.27. The largest absolute Gasteiger partial charge is 0.376 e. The summed E-state index contributed by atoms with van der Waals surface area (Å²) in [6.45, 7) is 10.0. The van der Waals surface area contributed by atoms with E-state index in [9.17, 15) is 0 Å². The van der Waals surface area contributed by atoms with Gasteiger partial charge in [0.25, 0.3) is 0 Å². The third kappa shape index (κ3) is 3.67. The van der Waals surface area contributed by atoms with E-state index in [-0.39, 0.29) is 11.6 Å². The Morgan fingerprint density at radius 3 is 2.14 bits per heavy atom. The summed E-state index contributed by atoms with van der Waals surface area (Å²) in [4.78, 5) is 0. The molecule has 2 nitrogen and oxygen atoms in total. The summed E-state index contributed by atoms with van der Waals surface area (Å²) in [5.41, 5.74) is 3.04. The van der Waals surface area contributed by atoms with Crippen molar-refractivity contribution < 1.29 is 4.74 Å². The van der Waals surface area contributed by atoms with E-state index in [0.717, 1.165) is 19.4 Å². The molecule has 21 heavy (non-hydrogen) atoms. The minimum Gasteiger partial charge on any atom is -0.376 e. The lowest BCUT2D eigenvalue weighted by Crippen LogP contribution is -2.49. The first kappa shape index (κ1) is 16.5. The second kappa shape index (κ2) is 6.50. The van der Waals surface area contributed by atoms with E-state index in [2.05, 4.69) is 57.3 Å². The van der Waals surface area contributed by atoms with Crippen molar-refractivity contribution in [3.05, 3.63) is 35.4 Å². The number of rotatable bonds is 5. The predicted molar refractivity (Wildman–Crippen MR) is 89.6 cm³/mol. The first-order valence-electron chi connectivity index (χ1n) is 8.27. The van der Waals surface area contributed by atoms with Crippen LogP contribution in [-0.2, 0) is 4.74 Å². The summed E-state index contributed by atoms with van der Waals surface area (Å²) in [5, 5.41) is 3.68. The van der Waals surface area contributed by atoms with Gasteiger partial charge >= 0.3 is 0 Å². The van der Waals surface area contributed by atoms with Gasteiger partial charge in [0.1, 0.15) is 0 Å². The Morgan fingerprint density at radius 2 is 1.67 bits per heavy atom. The van der Waals surface area contributed by atoms with Crippen LogP contribution in [0, 0.1) is 12.3 Å². The maximum Gasteiger partial charge on any atom is 0.0872 e. The van der Waals surface area contributed by atoms with Crippen LogP contribution in [0.5, 0.6) is 0 Å². The number of methoxy groups -OCH3 is 1. The number of hydrogen-bond acceptors (Lipinski definition) is 2. The Balaban J connectivity index is 2.28. The molecule has 1 aromatic rings. The lowest BCUT2D eigenvalue weighted by molar-refractivity contribution is -0.0873. The fraction of sp³-hybridized carbons (Fsp3) is 0.684. The SMILES string of the molecule is CCNC(c1ccc(C)cc1)C1(OC)CCC(C)(C)CC1. The van der Waals surface area contributed by atoms with E-state index in [1.807, 2.05) is 7.11 Å². The second-order valence-electron chi connectivity index (χ2n) is 7.33. The van der Waals surface area contributed by atoms with Gasteiger partial charge in [0, 0.05) is 7.11 Å². The first-order valence-corrected chi connectivity index (χ1v) is 8.27. The van der Waals surface area contributed by atoms with Crippen LogP contribution < -0.4 is 5.32 Å². The molecule has 0 aliphatic heterocycles. The molecule has 0 radical (unpaired) electrons. The molecule has 2 heteroatoms. The molecular weight excluding hydrogens is 258 g/mol. The molecule has 1 N–H and O–H groups in total. The summed E-state index contributed by atoms with van der Waals surface area (Å²) in [5.74, 6) is 0. The Labute approximate surface area is 130 Å². The molecule has 1 aromatic carbocycles. The highest BCUT2D eigenvalue weighted by Gasteiger charge is 2.44. The molecule has 1 aliphatic carbocycles. The van der Waals surface area contributed by atoms with Gasteiger partial charge in [-0.15, -0.1) is 0 Å². The normalized spacial score (nSPS) is 22.0. The van der Waals surface area contributed by atoms with Gasteiger partial charge in [-0.2, -0.15) is 0 Å². The molecule has 1 saturated carbocycles. The Bertz CT molecular complexity index is 439. The van der Waals surface area contributed by atoms with Gasteiger partial charge < -0.3 is 10.1 Å². The highest BCUT2D eigenvalue weighted by Crippen LogP contribution is 2.47. The van der Waals surface area contributed by atoms with Gasteiger partial charge in [0.15, 0.2) is 0 Å². The molecular formula is C19H31NO. The molecule has 0 heterocycles. The van der Waals surface area contributed by atoms with Crippen molar-refractivity contribution in [3.8, 4) is 0 Å². The van der Waals surface area contributed by atoms with Crippen molar-refractivity contribution in [3.63, 3.8) is 0 Å². The Hall–Kier alpha value is -0.860. The lowest BCUT2D eigenvalue weighted by atomic mass is 9.67. The summed E-state index contributed by atoms with van der Waals surface area (Å²) in [6.07, 6.45) is 4.72. The molecule has 0 amide bonds. The van der Waals surface area contributed by atoms with E-state index in [0.29, 0.717) is 5.41 Å². The molecule has 1 fully saturated rings. The second-order valence-corrected chi connectivity index (χ2v) is 7.33. The van der Waals surface area contributed by atoms with E-state index in [4.69, 9.17) is 4.74 Å². The first-order chi connectivity index (χ1) is 9.92. The smallest absolute Gasteiger partial charge is 0.0872 e. The standard InChI is InChI=1S/C19H31NO/c1-6-20-17(16-9-7-15(2)8-10-16)19(21-5)13-11-18(3,4)12-14-19/h7-10,17,20H,6,11-14H2,1-5H3. The zero-order valence-corrected chi connectivity index (χ0v) is 14.3. The maximum absolute atomic E-state index is 6.11. The van der Waals surface area contributed by atoms with E-state index in [1.165, 1.54) is 24.0 Å². The molecule has 118 valence electrons. The zero-order chi connectivity index (χ0) is 15.5. The van der Waals surface area contributed by atoms with Crippen molar-refractivity contribution in [2.24, 2.45) is 5.41 Å².